The van der Waals surface area contributed by atoms with Gasteiger partial charge in [-0.05, 0) is 65.3 Å². The van der Waals surface area contributed by atoms with Crippen molar-refractivity contribution in [3.8, 4) is 17.1 Å². The summed E-state index contributed by atoms with van der Waals surface area (Å²) in [7, 11) is 0. The van der Waals surface area contributed by atoms with Gasteiger partial charge in [0.2, 0.25) is 11.8 Å². The lowest BCUT2D eigenvalue weighted by molar-refractivity contribution is 0.0919. The van der Waals surface area contributed by atoms with E-state index in [-0.39, 0.29) is 17.4 Å². The molecule has 2 heterocycles. The Morgan fingerprint density at radius 3 is 2.27 bits per heavy atom. The third-order valence-corrected chi connectivity index (χ3v) is 4.68. The molecule has 0 fully saturated rings. The number of amides is 1. The molecular weight excluding hydrogens is 378 g/mol. The normalized spacial score (nSPS) is 12.1. The van der Waals surface area contributed by atoms with Crippen molar-refractivity contribution in [2.24, 2.45) is 0 Å². The first-order valence-electron chi connectivity index (χ1n) is 10.0. The van der Waals surface area contributed by atoms with Crippen LogP contribution in [0.1, 0.15) is 58.3 Å². The molecule has 1 amide bonds. The van der Waals surface area contributed by atoms with E-state index in [1.54, 1.807) is 12.1 Å². The van der Waals surface area contributed by atoms with Crippen molar-refractivity contribution in [3.05, 3.63) is 42.0 Å². The number of nitrogens with two attached hydrogens (primary N) is 1. The number of ether oxygens (including phenoxy) is 1. The van der Waals surface area contributed by atoms with Gasteiger partial charge in [0, 0.05) is 16.7 Å². The number of benzene rings is 1. The topological polar surface area (TPSA) is 103 Å². The number of fused-ring (bicyclic) bond motifs is 1. The molecule has 3 N–H and O–H groups in total. The summed E-state index contributed by atoms with van der Waals surface area (Å²) in [5.74, 6) is 0.405. The van der Waals surface area contributed by atoms with E-state index in [0.29, 0.717) is 22.5 Å². The van der Waals surface area contributed by atoms with Gasteiger partial charge >= 0.3 is 0 Å². The Kier molecular flexibility index (Phi) is 5.65. The van der Waals surface area contributed by atoms with Crippen molar-refractivity contribution >= 4 is 22.9 Å². The number of nitrogens with zero attached hydrogens (tertiary/aromatic N) is 3. The van der Waals surface area contributed by atoms with Crippen LogP contribution in [0.2, 0.25) is 0 Å². The summed E-state index contributed by atoms with van der Waals surface area (Å²) in [5.41, 5.74) is 8.53. The Morgan fingerprint density at radius 2 is 1.67 bits per heavy atom. The molecule has 1 aromatic carbocycles. The Bertz CT molecular complexity index is 1070. The van der Waals surface area contributed by atoms with E-state index >= 15 is 0 Å². The largest absolute Gasteiger partial charge is 0.470 e. The molecule has 0 radical (unpaired) electrons. The SMILES string of the molecule is CCC(C)(C)Oc1nc(N)nc2ccc(-c3ccc(C(=O)NC(C)(C)C)cc3)nc12. The molecule has 3 rings (SSSR count). The quantitative estimate of drug-likeness (QED) is 0.651. The fourth-order valence-electron chi connectivity index (χ4n) is 2.78. The first-order chi connectivity index (χ1) is 14.0. The number of nitrogens with one attached hydrogen (secondary N) is 1. The lowest BCUT2D eigenvalue weighted by Gasteiger charge is -2.24. The first kappa shape index (κ1) is 21.5. The minimum atomic E-state index is -0.409. The Labute approximate surface area is 177 Å². The minimum Gasteiger partial charge on any atom is -0.470 e. The average Bonchev–Trinajstić information content (AvgIpc) is 2.66. The van der Waals surface area contributed by atoms with Gasteiger partial charge in [0.05, 0.1) is 11.2 Å². The summed E-state index contributed by atoms with van der Waals surface area (Å²) in [6, 6.07) is 11.1. The van der Waals surface area contributed by atoms with Crippen LogP contribution in [-0.2, 0) is 0 Å². The minimum absolute atomic E-state index is 0.109. The van der Waals surface area contributed by atoms with Gasteiger partial charge in [0.1, 0.15) is 5.60 Å². The molecule has 0 saturated heterocycles. The summed E-state index contributed by atoms with van der Waals surface area (Å²) in [6.07, 6.45) is 0.802. The van der Waals surface area contributed by atoms with Crippen LogP contribution in [0.3, 0.4) is 0 Å². The second-order valence-electron chi connectivity index (χ2n) is 8.95. The molecule has 0 atom stereocenters. The Hall–Kier alpha value is -3.22. The predicted molar refractivity (Wildman–Crippen MR) is 119 cm³/mol. The Morgan fingerprint density at radius 1 is 1.00 bits per heavy atom. The fourth-order valence-corrected chi connectivity index (χ4v) is 2.78. The fraction of sp³-hybridized carbons (Fsp3) is 0.391. The number of nitrogen functional groups attached to an aromatic ring is 1. The van der Waals surface area contributed by atoms with Crippen LogP contribution in [0.15, 0.2) is 36.4 Å². The van der Waals surface area contributed by atoms with Crippen LogP contribution in [0.25, 0.3) is 22.3 Å². The summed E-state index contributed by atoms with van der Waals surface area (Å²) in [4.78, 5) is 25.6. The van der Waals surface area contributed by atoms with Crippen molar-refractivity contribution in [3.63, 3.8) is 0 Å². The average molecular weight is 408 g/mol. The maximum absolute atomic E-state index is 12.3. The number of carbonyl (C=O) groups is 1. The molecule has 0 unspecified atom stereocenters. The molecule has 2 aromatic heterocycles. The second-order valence-corrected chi connectivity index (χ2v) is 8.95. The number of anilines is 1. The van der Waals surface area contributed by atoms with Crippen molar-refractivity contribution in [1.82, 2.24) is 20.3 Å². The van der Waals surface area contributed by atoms with Gasteiger partial charge in [0.25, 0.3) is 5.91 Å². The summed E-state index contributed by atoms with van der Waals surface area (Å²) in [5, 5.41) is 2.96. The van der Waals surface area contributed by atoms with Gasteiger partial charge in [-0.1, -0.05) is 19.1 Å². The number of rotatable bonds is 5. The predicted octanol–water partition coefficient (Wildman–Crippen LogP) is 4.37. The molecule has 7 nitrogen and oxygen atoms in total. The van der Waals surface area contributed by atoms with Gasteiger partial charge < -0.3 is 15.8 Å². The molecule has 0 aliphatic heterocycles. The second kappa shape index (κ2) is 7.89. The van der Waals surface area contributed by atoms with Crippen LogP contribution in [0.5, 0.6) is 5.88 Å². The third kappa shape index (κ3) is 5.03. The van der Waals surface area contributed by atoms with Gasteiger partial charge in [0.15, 0.2) is 5.52 Å². The molecule has 0 bridgehead atoms. The standard InChI is InChI=1S/C23H29N5O2/c1-7-23(5,6)30-20-18-17(26-21(24)27-20)13-12-16(25-18)14-8-10-15(11-9-14)19(29)28-22(2,3)4/h8-13H,7H2,1-6H3,(H,28,29)(H2,24,26,27). The molecule has 158 valence electrons. The number of carbonyl (C=O) groups excluding carboxylic acids is 1. The highest BCUT2D eigenvalue weighted by molar-refractivity contribution is 5.95. The molecule has 7 heteroatoms. The number of aromatic nitrogens is 3. The zero-order valence-corrected chi connectivity index (χ0v) is 18.4. The molecular formula is C23H29N5O2. The van der Waals surface area contributed by atoms with Crippen LogP contribution >= 0.6 is 0 Å². The van der Waals surface area contributed by atoms with E-state index in [9.17, 15) is 4.79 Å². The van der Waals surface area contributed by atoms with Crippen molar-refractivity contribution in [1.29, 1.82) is 0 Å². The molecule has 0 aliphatic carbocycles. The van der Waals surface area contributed by atoms with E-state index in [1.807, 2.05) is 65.8 Å². The molecule has 0 saturated carbocycles. The van der Waals surface area contributed by atoms with Crippen molar-refractivity contribution < 1.29 is 9.53 Å². The number of hydrogen-bond acceptors (Lipinski definition) is 6. The van der Waals surface area contributed by atoms with Crippen LogP contribution in [0, 0.1) is 0 Å². The van der Waals surface area contributed by atoms with Gasteiger partial charge in [-0.15, -0.1) is 0 Å². The van der Waals surface area contributed by atoms with Gasteiger partial charge in [-0.3, -0.25) is 4.79 Å². The zero-order chi connectivity index (χ0) is 22.1. The van der Waals surface area contributed by atoms with Crippen LogP contribution in [-0.4, -0.2) is 32.0 Å². The van der Waals surface area contributed by atoms with Crippen LogP contribution < -0.4 is 15.8 Å². The highest BCUT2D eigenvalue weighted by atomic mass is 16.5. The van der Waals surface area contributed by atoms with E-state index in [2.05, 4.69) is 15.3 Å². The lowest BCUT2D eigenvalue weighted by atomic mass is 10.1. The van der Waals surface area contributed by atoms with E-state index in [4.69, 9.17) is 15.5 Å². The van der Waals surface area contributed by atoms with E-state index < -0.39 is 5.60 Å². The summed E-state index contributed by atoms with van der Waals surface area (Å²) >= 11 is 0. The van der Waals surface area contributed by atoms with Crippen molar-refractivity contribution in [2.75, 3.05) is 5.73 Å². The molecule has 0 spiro atoms. The number of pyridine rings is 1. The maximum Gasteiger partial charge on any atom is 0.251 e. The van der Waals surface area contributed by atoms with Crippen molar-refractivity contribution in [2.45, 2.75) is 59.1 Å². The molecule has 30 heavy (non-hydrogen) atoms. The van der Waals surface area contributed by atoms with Gasteiger partial charge in [-0.2, -0.15) is 4.98 Å². The van der Waals surface area contributed by atoms with Crippen LogP contribution in [0.4, 0.5) is 5.95 Å². The zero-order valence-electron chi connectivity index (χ0n) is 18.4. The van der Waals surface area contributed by atoms with E-state index in [0.717, 1.165) is 17.7 Å². The highest BCUT2D eigenvalue weighted by Crippen LogP contribution is 2.29. The molecule has 0 aliphatic rings. The first-order valence-corrected chi connectivity index (χ1v) is 10.0. The monoisotopic (exact) mass is 407 g/mol. The summed E-state index contributed by atoms with van der Waals surface area (Å²) in [6.45, 7) is 11.9. The van der Waals surface area contributed by atoms with E-state index in [1.165, 1.54) is 0 Å². The smallest absolute Gasteiger partial charge is 0.251 e. The molecule has 3 aromatic rings. The third-order valence-electron chi connectivity index (χ3n) is 4.68. The highest BCUT2D eigenvalue weighted by Gasteiger charge is 2.21. The summed E-state index contributed by atoms with van der Waals surface area (Å²) < 4.78 is 6.09. The Balaban J connectivity index is 1.97. The number of hydrogen-bond donors (Lipinski definition) is 2. The lowest BCUT2D eigenvalue weighted by Crippen LogP contribution is -2.40. The maximum atomic E-state index is 12.3. The van der Waals surface area contributed by atoms with Gasteiger partial charge in [-0.25, -0.2) is 9.97 Å².